The van der Waals surface area contributed by atoms with Crippen LogP contribution in [0.3, 0.4) is 0 Å². The van der Waals surface area contributed by atoms with Crippen molar-refractivity contribution >= 4 is 25.8 Å². The van der Waals surface area contributed by atoms with Gasteiger partial charge in [-0.1, -0.05) is 15.9 Å². The first kappa shape index (κ1) is 12.1. The molecule has 0 radical (unpaired) electrons. The number of sulfone groups is 1. The molecule has 0 saturated heterocycles. The van der Waals surface area contributed by atoms with E-state index >= 15 is 0 Å². The molecule has 1 heterocycles. The number of halogens is 1. The molecular formula is C11H14BrNO2S. The summed E-state index contributed by atoms with van der Waals surface area (Å²) in [7, 11) is -1.23. The number of nitrogens with one attached hydrogen (secondary N) is 1. The topological polar surface area (TPSA) is 46.2 Å². The van der Waals surface area contributed by atoms with E-state index in [1.165, 1.54) is 0 Å². The van der Waals surface area contributed by atoms with Crippen LogP contribution >= 0.6 is 15.9 Å². The van der Waals surface area contributed by atoms with E-state index in [2.05, 4.69) is 21.2 Å². The first-order valence-corrected chi connectivity index (χ1v) is 7.59. The zero-order chi connectivity index (χ0) is 11.9. The van der Waals surface area contributed by atoms with Gasteiger partial charge in [0.05, 0.1) is 10.6 Å². The zero-order valence-corrected chi connectivity index (χ0v) is 11.6. The Kier molecular flexibility index (Phi) is 3.11. The maximum atomic E-state index is 12.0. The lowest BCUT2D eigenvalue weighted by Gasteiger charge is -2.18. The average molecular weight is 304 g/mol. The van der Waals surface area contributed by atoms with Crippen molar-refractivity contribution in [3.05, 3.63) is 28.2 Å². The minimum Gasteiger partial charge on any atom is -0.317 e. The number of likely N-dealkylation sites (N-methyl/N-ethyl adjacent to an activating group) is 1. The monoisotopic (exact) mass is 303 g/mol. The van der Waals surface area contributed by atoms with Gasteiger partial charge in [-0.05, 0) is 37.7 Å². The SMILES string of the molecule is CNC(C)C1CS(=O)(=O)c2ccc(Br)cc21. The molecule has 1 N–H and O–H groups in total. The molecule has 1 aliphatic heterocycles. The molecule has 1 aromatic rings. The third kappa shape index (κ3) is 1.92. The minimum atomic E-state index is -3.09. The summed E-state index contributed by atoms with van der Waals surface area (Å²) < 4.78 is 24.8. The smallest absolute Gasteiger partial charge is 0.179 e. The summed E-state index contributed by atoms with van der Waals surface area (Å²) in [6, 6.07) is 5.54. The highest BCUT2D eigenvalue weighted by molar-refractivity contribution is 9.10. The minimum absolute atomic E-state index is 0.0440. The Morgan fingerprint density at radius 1 is 1.50 bits per heavy atom. The molecule has 1 aromatic carbocycles. The van der Waals surface area contributed by atoms with Crippen LogP contribution in [0.25, 0.3) is 0 Å². The maximum Gasteiger partial charge on any atom is 0.179 e. The van der Waals surface area contributed by atoms with Gasteiger partial charge in [-0.2, -0.15) is 0 Å². The zero-order valence-electron chi connectivity index (χ0n) is 9.20. The van der Waals surface area contributed by atoms with Crippen LogP contribution in [0.2, 0.25) is 0 Å². The summed E-state index contributed by atoms with van der Waals surface area (Å²) in [6.45, 7) is 2.01. The standard InChI is InChI=1S/C11H14BrNO2S/c1-7(13-2)10-6-16(14,15)11-4-3-8(12)5-9(10)11/h3-5,7,10,13H,6H2,1-2H3. The van der Waals surface area contributed by atoms with Gasteiger partial charge in [0.15, 0.2) is 9.84 Å². The van der Waals surface area contributed by atoms with E-state index in [4.69, 9.17) is 0 Å². The second kappa shape index (κ2) is 4.13. The Morgan fingerprint density at radius 2 is 2.19 bits per heavy atom. The molecule has 2 rings (SSSR count). The molecule has 5 heteroatoms. The lowest BCUT2D eigenvalue weighted by molar-refractivity contribution is 0.524. The molecule has 0 aliphatic carbocycles. The lowest BCUT2D eigenvalue weighted by atomic mass is 9.95. The number of hydrogen-bond acceptors (Lipinski definition) is 3. The second-order valence-electron chi connectivity index (χ2n) is 4.15. The highest BCUT2D eigenvalue weighted by Crippen LogP contribution is 2.38. The highest BCUT2D eigenvalue weighted by Gasteiger charge is 2.37. The third-order valence-electron chi connectivity index (χ3n) is 3.16. The van der Waals surface area contributed by atoms with E-state index < -0.39 is 9.84 Å². The van der Waals surface area contributed by atoms with Gasteiger partial charge in [0, 0.05) is 16.4 Å². The van der Waals surface area contributed by atoms with Crippen LogP contribution in [0.4, 0.5) is 0 Å². The summed E-state index contributed by atoms with van der Waals surface area (Å²) in [4.78, 5) is 0.489. The van der Waals surface area contributed by atoms with Crippen molar-refractivity contribution in [3.8, 4) is 0 Å². The second-order valence-corrected chi connectivity index (χ2v) is 7.07. The van der Waals surface area contributed by atoms with Crippen LogP contribution in [0.5, 0.6) is 0 Å². The predicted octanol–water partition coefficient (Wildman–Crippen LogP) is 1.93. The molecule has 0 aromatic heterocycles. The van der Waals surface area contributed by atoms with E-state index in [-0.39, 0.29) is 17.7 Å². The Morgan fingerprint density at radius 3 is 2.81 bits per heavy atom. The molecule has 0 saturated carbocycles. The summed E-state index contributed by atoms with van der Waals surface area (Å²) >= 11 is 3.39. The molecule has 1 aliphatic rings. The number of benzene rings is 1. The van der Waals surface area contributed by atoms with Gasteiger partial charge in [0.25, 0.3) is 0 Å². The van der Waals surface area contributed by atoms with E-state index in [9.17, 15) is 8.42 Å². The Labute approximate surface area is 104 Å². The fourth-order valence-corrected chi connectivity index (χ4v) is 4.47. The van der Waals surface area contributed by atoms with Crippen molar-refractivity contribution in [3.63, 3.8) is 0 Å². The van der Waals surface area contributed by atoms with E-state index in [0.717, 1.165) is 10.0 Å². The Bertz CT molecular complexity index is 513. The molecule has 0 fully saturated rings. The van der Waals surface area contributed by atoms with Crippen molar-refractivity contribution in [1.82, 2.24) is 5.32 Å². The molecule has 88 valence electrons. The largest absolute Gasteiger partial charge is 0.317 e. The van der Waals surface area contributed by atoms with E-state index in [0.29, 0.717) is 4.90 Å². The average Bonchev–Trinajstić information content (AvgIpc) is 2.49. The van der Waals surface area contributed by atoms with Gasteiger partial charge in [-0.15, -0.1) is 0 Å². The van der Waals surface area contributed by atoms with E-state index in [1.807, 2.05) is 20.0 Å². The number of hydrogen-bond donors (Lipinski definition) is 1. The van der Waals surface area contributed by atoms with Gasteiger partial charge in [-0.25, -0.2) is 8.42 Å². The van der Waals surface area contributed by atoms with Gasteiger partial charge in [-0.3, -0.25) is 0 Å². The van der Waals surface area contributed by atoms with Gasteiger partial charge in [0.2, 0.25) is 0 Å². The van der Waals surface area contributed by atoms with Crippen molar-refractivity contribution in [2.45, 2.75) is 23.8 Å². The van der Waals surface area contributed by atoms with Crippen molar-refractivity contribution in [1.29, 1.82) is 0 Å². The Hall–Kier alpha value is -0.390. The van der Waals surface area contributed by atoms with Gasteiger partial charge in [0.1, 0.15) is 0 Å². The van der Waals surface area contributed by atoms with Gasteiger partial charge < -0.3 is 5.32 Å². The third-order valence-corrected chi connectivity index (χ3v) is 5.50. The highest BCUT2D eigenvalue weighted by atomic mass is 79.9. The molecule has 0 spiro atoms. The maximum absolute atomic E-state index is 12.0. The number of rotatable bonds is 2. The number of fused-ring (bicyclic) bond motifs is 1. The van der Waals surface area contributed by atoms with Crippen LogP contribution in [-0.2, 0) is 9.84 Å². The van der Waals surface area contributed by atoms with Crippen LogP contribution in [0.15, 0.2) is 27.6 Å². The lowest BCUT2D eigenvalue weighted by Crippen LogP contribution is -2.29. The molecular weight excluding hydrogens is 290 g/mol. The molecule has 0 bridgehead atoms. The van der Waals surface area contributed by atoms with Gasteiger partial charge >= 0.3 is 0 Å². The van der Waals surface area contributed by atoms with E-state index in [1.54, 1.807) is 12.1 Å². The fraction of sp³-hybridized carbons (Fsp3) is 0.455. The van der Waals surface area contributed by atoms with Crippen LogP contribution in [0, 0.1) is 0 Å². The van der Waals surface area contributed by atoms with Crippen molar-refractivity contribution < 1.29 is 8.42 Å². The summed E-state index contributed by atoms with van der Waals surface area (Å²) in [6.07, 6.45) is 0. The molecule has 0 amide bonds. The summed E-state index contributed by atoms with van der Waals surface area (Å²) in [5.74, 6) is 0.253. The molecule has 2 unspecified atom stereocenters. The molecule has 3 nitrogen and oxygen atoms in total. The van der Waals surface area contributed by atoms with Crippen molar-refractivity contribution in [2.24, 2.45) is 0 Å². The van der Waals surface area contributed by atoms with Crippen LogP contribution in [0.1, 0.15) is 18.4 Å². The molecule has 16 heavy (non-hydrogen) atoms. The fourth-order valence-electron chi connectivity index (χ4n) is 2.12. The first-order chi connectivity index (χ1) is 7.45. The van der Waals surface area contributed by atoms with Crippen molar-refractivity contribution in [2.75, 3.05) is 12.8 Å². The Balaban J connectivity index is 2.56. The first-order valence-electron chi connectivity index (χ1n) is 5.15. The normalized spacial score (nSPS) is 24.1. The summed E-state index contributed by atoms with van der Waals surface area (Å²) in [5, 5.41) is 3.13. The summed E-state index contributed by atoms with van der Waals surface area (Å²) in [5.41, 5.74) is 0.927. The predicted molar refractivity (Wildman–Crippen MR) is 67.5 cm³/mol. The van der Waals surface area contributed by atoms with Crippen LogP contribution in [-0.4, -0.2) is 27.3 Å². The van der Waals surface area contributed by atoms with Crippen LogP contribution < -0.4 is 5.32 Å². The molecule has 2 atom stereocenters. The quantitative estimate of drug-likeness (QED) is 0.908.